The van der Waals surface area contributed by atoms with Crippen LogP contribution in [0.5, 0.6) is 0 Å². The maximum Gasteiger partial charge on any atom is 0.396 e. The second kappa shape index (κ2) is 10.1. The fourth-order valence-electron chi connectivity index (χ4n) is 5.32. The monoisotopic (exact) mass is 519 g/mol. The first kappa shape index (κ1) is 25.8. The van der Waals surface area contributed by atoms with Gasteiger partial charge >= 0.3 is 12.2 Å². The topological polar surface area (TPSA) is 89.5 Å². The van der Waals surface area contributed by atoms with Gasteiger partial charge in [-0.05, 0) is 70.7 Å². The zero-order chi connectivity index (χ0) is 26.2. The van der Waals surface area contributed by atoms with Gasteiger partial charge in [-0.25, -0.2) is 9.78 Å². The van der Waals surface area contributed by atoms with Gasteiger partial charge in [-0.15, -0.1) is 0 Å². The molecule has 2 N–H and O–H groups in total. The van der Waals surface area contributed by atoms with Crippen molar-refractivity contribution in [2.75, 3.05) is 32.7 Å². The van der Waals surface area contributed by atoms with Crippen LogP contribution in [0, 0.1) is 11.3 Å². The van der Waals surface area contributed by atoms with Crippen LogP contribution in [0.3, 0.4) is 0 Å². The molecule has 2 aliphatic heterocycles. The lowest BCUT2D eigenvalue weighted by atomic mass is 9.96. The molecule has 0 aromatic carbocycles. The lowest BCUT2D eigenvalue weighted by molar-refractivity contribution is -0.185. The van der Waals surface area contributed by atoms with Crippen LogP contribution >= 0.6 is 0 Å². The molecule has 0 radical (unpaired) electrons. The van der Waals surface area contributed by atoms with Crippen molar-refractivity contribution >= 4 is 12.7 Å². The summed E-state index contributed by atoms with van der Waals surface area (Å²) in [5.74, 6) is 2.78. The van der Waals surface area contributed by atoms with Crippen LogP contribution in [-0.4, -0.2) is 76.6 Å². The molecular weight excluding hydrogens is 483 g/mol. The maximum absolute atomic E-state index is 13.2. The van der Waals surface area contributed by atoms with Gasteiger partial charge in [-0.3, -0.25) is 10.1 Å². The summed E-state index contributed by atoms with van der Waals surface area (Å²) in [7, 11) is 0. The standard InChI is InChI=1S/C26H36F3N7O/c1-17(31-16-25(10-11-25)26(27,28)29)3-6-21(30-2)20-9-14-36(15-20)24(37)35-12-7-19(8-13-35)23-32-22(33-34-23)18-4-5-18/h3,6,18-20,31H,2,4-5,7-16H2,1H3,(H,32,33,34)/b17-3+,21-6-. The number of nitrogens with one attached hydrogen (secondary N) is 2. The molecule has 1 unspecified atom stereocenters. The fourth-order valence-corrected chi connectivity index (χ4v) is 5.32. The van der Waals surface area contributed by atoms with Crippen molar-refractivity contribution in [2.24, 2.45) is 16.3 Å². The predicted molar refractivity (Wildman–Crippen MR) is 134 cm³/mol. The fraction of sp³-hybridized carbons (Fsp3) is 0.692. The van der Waals surface area contributed by atoms with Gasteiger partial charge in [0, 0.05) is 61.9 Å². The maximum atomic E-state index is 13.2. The largest absolute Gasteiger partial charge is 0.396 e. The first-order valence-corrected chi connectivity index (χ1v) is 13.3. The molecule has 2 saturated heterocycles. The van der Waals surface area contributed by atoms with Crippen molar-refractivity contribution < 1.29 is 18.0 Å². The summed E-state index contributed by atoms with van der Waals surface area (Å²) in [6.45, 7) is 7.93. The van der Waals surface area contributed by atoms with E-state index in [-0.39, 0.29) is 31.3 Å². The molecule has 3 heterocycles. The van der Waals surface area contributed by atoms with Gasteiger partial charge in [0.2, 0.25) is 0 Å². The molecule has 8 nitrogen and oxygen atoms in total. The molecular formula is C26H36F3N7O. The molecule has 2 saturated carbocycles. The first-order valence-electron chi connectivity index (χ1n) is 13.3. The minimum Gasteiger partial charge on any atom is -0.388 e. The van der Waals surface area contributed by atoms with Crippen molar-refractivity contribution in [3.63, 3.8) is 0 Å². The minimum atomic E-state index is -4.17. The Kier molecular flexibility index (Phi) is 7.06. The Bertz CT molecular complexity index is 1060. The molecule has 202 valence electrons. The summed E-state index contributed by atoms with van der Waals surface area (Å²) in [4.78, 5) is 25.8. The number of likely N-dealkylation sites (tertiary alicyclic amines) is 2. The zero-order valence-corrected chi connectivity index (χ0v) is 21.4. The lowest BCUT2D eigenvalue weighted by Crippen LogP contribution is -2.45. The van der Waals surface area contributed by atoms with E-state index in [0.29, 0.717) is 43.7 Å². The van der Waals surface area contributed by atoms with E-state index in [1.807, 2.05) is 9.80 Å². The van der Waals surface area contributed by atoms with Crippen LogP contribution in [0.15, 0.2) is 28.5 Å². The molecule has 2 aliphatic carbocycles. The molecule has 4 aliphatic rings. The van der Waals surface area contributed by atoms with E-state index in [0.717, 1.165) is 36.6 Å². The molecule has 1 aromatic heterocycles. The van der Waals surface area contributed by atoms with Gasteiger partial charge in [0.15, 0.2) is 5.82 Å². The number of alkyl halides is 3. The van der Waals surface area contributed by atoms with E-state index in [1.54, 1.807) is 19.1 Å². The van der Waals surface area contributed by atoms with Crippen LogP contribution < -0.4 is 5.32 Å². The van der Waals surface area contributed by atoms with E-state index in [9.17, 15) is 18.0 Å². The number of hydrogen-bond acceptors (Lipinski definition) is 5. The number of aliphatic imine (C=N–C) groups is 1. The molecule has 37 heavy (non-hydrogen) atoms. The van der Waals surface area contributed by atoms with Crippen molar-refractivity contribution in [1.82, 2.24) is 30.3 Å². The van der Waals surface area contributed by atoms with Gasteiger partial charge in [-0.2, -0.15) is 18.3 Å². The lowest BCUT2D eigenvalue weighted by Gasteiger charge is -2.34. The predicted octanol–water partition coefficient (Wildman–Crippen LogP) is 4.72. The van der Waals surface area contributed by atoms with Crippen LogP contribution in [0.25, 0.3) is 0 Å². The highest BCUT2D eigenvalue weighted by Gasteiger charge is 2.62. The van der Waals surface area contributed by atoms with E-state index < -0.39 is 11.6 Å². The van der Waals surface area contributed by atoms with Gasteiger partial charge in [-0.1, -0.05) is 0 Å². The Hall–Kier alpha value is -2.85. The quantitative estimate of drug-likeness (QED) is 0.384. The number of rotatable bonds is 8. The van der Waals surface area contributed by atoms with Gasteiger partial charge < -0.3 is 15.1 Å². The SMILES string of the molecule is C=N/C(=C\C=C(/C)NCC1(C(F)(F)F)CC1)C1CCN(C(=O)N2CCC(c3nc(C4CC4)n[nH]3)CC2)C1. The number of aromatic amines is 1. The summed E-state index contributed by atoms with van der Waals surface area (Å²) >= 11 is 0. The summed E-state index contributed by atoms with van der Waals surface area (Å²) in [5.41, 5.74) is -0.175. The smallest absolute Gasteiger partial charge is 0.388 e. The Morgan fingerprint density at radius 1 is 1.14 bits per heavy atom. The number of halogens is 3. The van der Waals surface area contributed by atoms with Crippen LogP contribution in [0.2, 0.25) is 0 Å². The van der Waals surface area contributed by atoms with Gasteiger partial charge in [0.25, 0.3) is 0 Å². The Labute approximate surface area is 215 Å². The molecule has 4 fully saturated rings. The third kappa shape index (κ3) is 5.70. The number of carbonyl (C=O) groups is 1. The van der Waals surface area contributed by atoms with Crippen LogP contribution in [-0.2, 0) is 0 Å². The average molecular weight is 520 g/mol. The normalized spacial score (nSPS) is 24.9. The molecule has 0 spiro atoms. The summed E-state index contributed by atoms with van der Waals surface area (Å²) in [6.07, 6.45) is 4.62. The number of nitrogens with zero attached hydrogens (tertiary/aromatic N) is 5. The second-order valence-corrected chi connectivity index (χ2v) is 11.1. The van der Waals surface area contributed by atoms with Crippen molar-refractivity contribution in [3.05, 3.63) is 35.2 Å². The molecule has 1 aromatic rings. The average Bonchev–Trinajstić information content (AvgIpc) is 3.79. The Morgan fingerprint density at radius 2 is 1.84 bits per heavy atom. The van der Waals surface area contributed by atoms with Crippen LogP contribution in [0.1, 0.15) is 75.4 Å². The van der Waals surface area contributed by atoms with E-state index in [1.165, 1.54) is 12.8 Å². The number of carbonyl (C=O) groups excluding carboxylic acids is 1. The molecule has 5 rings (SSSR count). The van der Waals surface area contributed by atoms with Crippen molar-refractivity contribution in [3.8, 4) is 0 Å². The highest BCUT2D eigenvalue weighted by molar-refractivity contribution is 5.75. The third-order valence-corrected chi connectivity index (χ3v) is 8.34. The molecule has 11 heteroatoms. The highest BCUT2D eigenvalue weighted by Crippen LogP contribution is 2.57. The summed E-state index contributed by atoms with van der Waals surface area (Å²) < 4.78 is 39.4. The van der Waals surface area contributed by atoms with Crippen molar-refractivity contribution in [2.45, 2.75) is 69.9 Å². The van der Waals surface area contributed by atoms with Gasteiger partial charge in [0.05, 0.1) is 5.41 Å². The third-order valence-electron chi connectivity index (χ3n) is 8.34. The van der Waals surface area contributed by atoms with Crippen molar-refractivity contribution in [1.29, 1.82) is 0 Å². The molecule has 2 amide bonds. The number of hydrogen-bond donors (Lipinski definition) is 2. The highest BCUT2D eigenvalue weighted by atomic mass is 19.4. The van der Waals surface area contributed by atoms with E-state index in [4.69, 9.17) is 0 Å². The van der Waals surface area contributed by atoms with E-state index in [2.05, 4.69) is 32.2 Å². The molecule has 0 bridgehead atoms. The first-order chi connectivity index (χ1) is 17.7. The number of aromatic nitrogens is 3. The summed E-state index contributed by atoms with van der Waals surface area (Å²) in [6, 6.07) is 0.0517. The number of H-pyrrole nitrogens is 1. The Balaban J connectivity index is 1.10. The summed E-state index contributed by atoms with van der Waals surface area (Å²) in [5, 5.41) is 10.4. The zero-order valence-electron chi connectivity index (χ0n) is 21.4. The second-order valence-electron chi connectivity index (χ2n) is 11.1. The number of piperidine rings is 1. The number of allylic oxidation sites excluding steroid dienone is 3. The number of amides is 2. The Morgan fingerprint density at radius 3 is 2.46 bits per heavy atom. The van der Waals surface area contributed by atoms with Gasteiger partial charge in [0.1, 0.15) is 5.82 Å². The number of urea groups is 1. The minimum absolute atomic E-state index is 0.0517. The molecule has 1 atom stereocenters. The van der Waals surface area contributed by atoms with Crippen LogP contribution in [0.4, 0.5) is 18.0 Å². The van der Waals surface area contributed by atoms with E-state index >= 15 is 0 Å².